The van der Waals surface area contributed by atoms with Crippen LogP contribution < -0.4 is 5.32 Å². The van der Waals surface area contributed by atoms with Crippen molar-refractivity contribution in [3.05, 3.63) is 0 Å². The summed E-state index contributed by atoms with van der Waals surface area (Å²) in [6.07, 6.45) is 3.45. The van der Waals surface area contributed by atoms with Crippen molar-refractivity contribution in [3.8, 4) is 0 Å². The highest BCUT2D eigenvalue weighted by molar-refractivity contribution is 5.79. The fourth-order valence-electron chi connectivity index (χ4n) is 1.90. The first-order chi connectivity index (χ1) is 6.36. The van der Waals surface area contributed by atoms with Crippen molar-refractivity contribution in [3.63, 3.8) is 0 Å². The molecule has 0 amide bonds. The molecule has 0 aromatic heterocycles. The maximum Gasteiger partial charge on any atom is 0.323 e. The Bertz CT molecular complexity index is 212. The van der Waals surface area contributed by atoms with Gasteiger partial charge in [-0.15, -0.1) is 0 Å². The van der Waals surface area contributed by atoms with Crippen molar-refractivity contribution in [2.24, 2.45) is 5.41 Å². The summed E-state index contributed by atoms with van der Waals surface area (Å²) < 4.78 is 0. The van der Waals surface area contributed by atoms with Crippen LogP contribution in [0.5, 0.6) is 0 Å². The highest BCUT2D eigenvalue weighted by atomic mass is 16.4. The Hall–Kier alpha value is -0.570. The molecule has 0 aromatic rings. The molecule has 0 bridgehead atoms. The molecule has 0 aliphatic carbocycles. The second kappa shape index (κ2) is 3.89. The first-order valence-corrected chi connectivity index (χ1v) is 5.34. The minimum absolute atomic E-state index is 0.215. The topological polar surface area (TPSA) is 49.3 Å². The zero-order valence-electron chi connectivity index (χ0n) is 9.39. The van der Waals surface area contributed by atoms with Gasteiger partial charge in [-0.2, -0.15) is 0 Å². The van der Waals surface area contributed by atoms with Crippen LogP contribution in [0.1, 0.15) is 46.5 Å². The van der Waals surface area contributed by atoms with Crippen molar-refractivity contribution < 1.29 is 9.90 Å². The van der Waals surface area contributed by atoms with E-state index in [-0.39, 0.29) is 5.41 Å². The normalized spacial score (nSPS) is 27.9. The minimum atomic E-state index is -0.681. The van der Waals surface area contributed by atoms with Crippen LogP contribution in [0, 0.1) is 5.41 Å². The van der Waals surface area contributed by atoms with Crippen LogP contribution in [0.3, 0.4) is 0 Å². The van der Waals surface area contributed by atoms with E-state index < -0.39 is 11.5 Å². The number of carboxylic acids is 1. The molecule has 82 valence electrons. The van der Waals surface area contributed by atoms with Crippen LogP contribution in [-0.4, -0.2) is 23.2 Å². The van der Waals surface area contributed by atoms with Gasteiger partial charge >= 0.3 is 5.97 Å². The van der Waals surface area contributed by atoms with Crippen molar-refractivity contribution >= 4 is 5.97 Å². The Morgan fingerprint density at radius 2 is 2.14 bits per heavy atom. The smallest absolute Gasteiger partial charge is 0.323 e. The standard InChI is InChI=1S/C11H21NO2/c1-10(2,3)6-7-11(9(13)14)5-4-8-12-11/h12H,4-8H2,1-3H3,(H,13,14). The summed E-state index contributed by atoms with van der Waals surface area (Å²) in [5, 5.41) is 12.3. The summed E-state index contributed by atoms with van der Waals surface area (Å²) in [6, 6.07) is 0. The lowest BCUT2D eigenvalue weighted by Gasteiger charge is -2.28. The fourth-order valence-corrected chi connectivity index (χ4v) is 1.90. The van der Waals surface area contributed by atoms with Gasteiger partial charge in [-0.25, -0.2) is 0 Å². The molecule has 1 aliphatic heterocycles. The number of nitrogens with one attached hydrogen (secondary N) is 1. The molecule has 3 nitrogen and oxygen atoms in total. The van der Waals surface area contributed by atoms with Gasteiger partial charge in [-0.3, -0.25) is 4.79 Å². The lowest BCUT2D eigenvalue weighted by Crippen LogP contribution is -2.48. The van der Waals surface area contributed by atoms with Crippen LogP contribution in [0.4, 0.5) is 0 Å². The van der Waals surface area contributed by atoms with Gasteiger partial charge in [0.25, 0.3) is 0 Å². The van der Waals surface area contributed by atoms with Crippen molar-refractivity contribution in [2.75, 3.05) is 6.54 Å². The number of hydrogen-bond acceptors (Lipinski definition) is 2. The number of aliphatic carboxylic acids is 1. The molecular formula is C11H21NO2. The molecule has 1 rings (SSSR count). The summed E-state index contributed by atoms with van der Waals surface area (Å²) in [6.45, 7) is 7.29. The van der Waals surface area contributed by atoms with Crippen LogP contribution in [0.25, 0.3) is 0 Å². The van der Waals surface area contributed by atoms with Gasteiger partial charge in [-0.05, 0) is 37.6 Å². The quantitative estimate of drug-likeness (QED) is 0.731. The minimum Gasteiger partial charge on any atom is -0.480 e. The summed E-state index contributed by atoms with van der Waals surface area (Å²) in [7, 11) is 0. The van der Waals surface area contributed by atoms with E-state index in [9.17, 15) is 9.90 Å². The van der Waals surface area contributed by atoms with Crippen LogP contribution in [0.15, 0.2) is 0 Å². The predicted octanol–water partition coefficient (Wildman–Crippen LogP) is 2.02. The average molecular weight is 199 g/mol. The number of carboxylic acid groups (broad SMARTS) is 1. The van der Waals surface area contributed by atoms with E-state index in [0.717, 1.165) is 32.2 Å². The molecule has 3 heteroatoms. The van der Waals surface area contributed by atoms with E-state index in [0.29, 0.717) is 0 Å². The predicted molar refractivity (Wildman–Crippen MR) is 56.3 cm³/mol. The SMILES string of the molecule is CC(C)(C)CCC1(C(=O)O)CCCN1. The third-order valence-corrected chi connectivity index (χ3v) is 2.95. The molecule has 0 saturated carbocycles. The molecule has 14 heavy (non-hydrogen) atoms. The molecule has 1 saturated heterocycles. The van der Waals surface area contributed by atoms with Crippen molar-refractivity contribution in [2.45, 2.75) is 52.0 Å². The second-order valence-corrected chi connectivity index (χ2v) is 5.48. The third kappa shape index (κ3) is 2.71. The van der Waals surface area contributed by atoms with Gasteiger partial charge in [0.15, 0.2) is 0 Å². The molecule has 2 N–H and O–H groups in total. The van der Waals surface area contributed by atoms with Gasteiger partial charge in [0.05, 0.1) is 0 Å². The van der Waals surface area contributed by atoms with E-state index in [1.165, 1.54) is 0 Å². The van der Waals surface area contributed by atoms with E-state index in [2.05, 4.69) is 26.1 Å². The molecule has 1 heterocycles. The Morgan fingerprint density at radius 3 is 2.50 bits per heavy atom. The second-order valence-electron chi connectivity index (χ2n) is 5.48. The highest BCUT2D eigenvalue weighted by Crippen LogP contribution is 2.30. The van der Waals surface area contributed by atoms with Crippen molar-refractivity contribution in [1.82, 2.24) is 5.32 Å². The molecule has 0 aromatic carbocycles. The van der Waals surface area contributed by atoms with Gasteiger partial charge in [0, 0.05) is 0 Å². The highest BCUT2D eigenvalue weighted by Gasteiger charge is 2.41. The lowest BCUT2D eigenvalue weighted by atomic mass is 9.82. The Kier molecular flexibility index (Phi) is 3.20. The summed E-state index contributed by atoms with van der Waals surface area (Å²) in [5.41, 5.74) is -0.417. The maximum absolute atomic E-state index is 11.2. The van der Waals surface area contributed by atoms with Crippen molar-refractivity contribution in [1.29, 1.82) is 0 Å². The number of hydrogen-bond donors (Lipinski definition) is 2. The summed E-state index contributed by atoms with van der Waals surface area (Å²) in [4.78, 5) is 11.2. The third-order valence-electron chi connectivity index (χ3n) is 2.95. The van der Waals surface area contributed by atoms with Crippen LogP contribution >= 0.6 is 0 Å². The lowest BCUT2D eigenvalue weighted by molar-refractivity contribution is -0.144. The zero-order chi connectivity index (χ0) is 10.8. The Labute approximate surface area is 85.9 Å². The molecule has 1 fully saturated rings. The van der Waals surface area contributed by atoms with Gasteiger partial charge < -0.3 is 10.4 Å². The maximum atomic E-state index is 11.2. The zero-order valence-corrected chi connectivity index (χ0v) is 9.39. The number of rotatable bonds is 3. The number of carbonyl (C=O) groups is 1. The largest absolute Gasteiger partial charge is 0.480 e. The molecule has 1 atom stereocenters. The van der Waals surface area contributed by atoms with E-state index >= 15 is 0 Å². The summed E-state index contributed by atoms with van der Waals surface area (Å²) >= 11 is 0. The first-order valence-electron chi connectivity index (χ1n) is 5.34. The van der Waals surface area contributed by atoms with Crippen LogP contribution in [0.2, 0.25) is 0 Å². The molecule has 1 aliphatic rings. The van der Waals surface area contributed by atoms with Gasteiger partial charge in [0.1, 0.15) is 5.54 Å². The van der Waals surface area contributed by atoms with E-state index in [1.807, 2.05) is 0 Å². The Morgan fingerprint density at radius 1 is 1.50 bits per heavy atom. The average Bonchev–Trinajstić information content (AvgIpc) is 2.48. The first kappa shape index (κ1) is 11.5. The van der Waals surface area contributed by atoms with Gasteiger partial charge in [0.2, 0.25) is 0 Å². The van der Waals surface area contributed by atoms with E-state index in [4.69, 9.17) is 0 Å². The summed E-state index contributed by atoms with van der Waals surface area (Å²) in [5.74, 6) is -0.681. The monoisotopic (exact) mass is 199 g/mol. The molecule has 1 unspecified atom stereocenters. The van der Waals surface area contributed by atoms with Crippen LogP contribution in [-0.2, 0) is 4.79 Å². The molecule has 0 spiro atoms. The van der Waals surface area contributed by atoms with Gasteiger partial charge in [-0.1, -0.05) is 20.8 Å². The molecule has 0 radical (unpaired) electrons. The fraction of sp³-hybridized carbons (Fsp3) is 0.909. The molecular weight excluding hydrogens is 178 g/mol. The Balaban J connectivity index is 2.57. The van der Waals surface area contributed by atoms with E-state index in [1.54, 1.807) is 0 Å².